The van der Waals surface area contributed by atoms with E-state index >= 15 is 0 Å². The molecule has 0 aromatic carbocycles. The van der Waals surface area contributed by atoms with Crippen LogP contribution in [0.1, 0.15) is 20.3 Å². The second kappa shape index (κ2) is 4.58. The maximum Gasteiger partial charge on any atom is 0.220 e. The number of nitrogens with two attached hydrogens (primary N) is 2. The molecule has 70 valence electrons. The minimum Gasteiger partial charge on any atom is -0.370 e. The van der Waals surface area contributed by atoms with Gasteiger partial charge in [0.05, 0.1) is 0 Å². The van der Waals surface area contributed by atoms with E-state index in [4.69, 9.17) is 16.9 Å². The van der Waals surface area contributed by atoms with E-state index in [0.717, 1.165) is 6.42 Å². The summed E-state index contributed by atoms with van der Waals surface area (Å²) >= 11 is 0. The summed E-state index contributed by atoms with van der Waals surface area (Å²) in [5.41, 5.74) is 10.3. The molecular weight excluding hydrogens is 154 g/mol. The highest BCUT2D eigenvalue weighted by atomic mass is 15.3. The van der Waals surface area contributed by atoms with Crippen molar-refractivity contribution in [1.82, 2.24) is 4.90 Å². The molecule has 1 unspecified atom stereocenters. The van der Waals surface area contributed by atoms with Gasteiger partial charge in [0.25, 0.3) is 0 Å². The number of hydrogen-bond acceptors (Lipinski definition) is 1. The molecule has 5 nitrogen and oxygen atoms in total. The zero-order valence-corrected chi connectivity index (χ0v) is 7.83. The van der Waals surface area contributed by atoms with Gasteiger partial charge in [0.2, 0.25) is 5.96 Å². The highest BCUT2D eigenvalue weighted by Crippen LogP contribution is 2.00. The topological polar surface area (TPSA) is 91.5 Å². The quantitative estimate of drug-likeness (QED) is 0.401. The van der Waals surface area contributed by atoms with E-state index in [1.165, 1.54) is 0 Å². The molecule has 0 rings (SSSR count). The van der Waals surface area contributed by atoms with Gasteiger partial charge in [0, 0.05) is 13.1 Å². The first-order valence-electron chi connectivity index (χ1n) is 3.90. The van der Waals surface area contributed by atoms with Gasteiger partial charge in [-0.25, -0.2) is 0 Å². The highest BCUT2D eigenvalue weighted by Gasteiger charge is 2.09. The molecule has 5 N–H and O–H groups in total. The number of hydrogen-bond donors (Lipinski definition) is 3. The molecule has 0 aliphatic carbocycles. The fourth-order valence-corrected chi connectivity index (χ4v) is 0.684. The van der Waals surface area contributed by atoms with Crippen LogP contribution in [-0.2, 0) is 0 Å². The maximum atomic E-state index is 7.44. The Balaban J connectivity index is 4.20. The van der Waals surface area contributed by atoms with E-state index in [0.29, 0.717) is 0 Å². The summed E-state index contributed by atoms with van der Waals surface area (Å²) in [6.07, 6.45) is 0.957. The van der Waals surface area contributed by atoms with E-state index in [1.54, 1.807) is 11.9 Å². The van der Waals surface area contributed by atoms with Crippen molar-refractivity contribution in [2.45, 2.75) is 26.3 Å². The third-order valence-corrected chi connectivity index (χ3v) is 1.82. The molecule has 0 bridgehead atoms. The summed E-state index contributed by atoms with van der Waals surface area (Å²) in [6.45, 7) is 4.06. The van der Waals surface area contributed by atoms with E-state index in [-0.39, 0.29) is 18.0 Å². The van der Waals surface area contributed by atoms with Crippen molar-refractivity contribution in [2.24, 2.45) is 16.5 Å². The van der Waals surface area contributed by atoms with Gasteiger partial charge >= 0.3 is 0 Å². The van der Waals surface area contributed by atoms with Crippen LogP contribution in [-0.4, -0.2) is 29.9 Å². The van der Waals surface area contributed by atoms with Crippen LogP contribution in [0.2, 0.25) is 0 Å². The normalized spacial score (nSPS) is 11.9. The lowest BCUT2D eigenvalue weighted by molar-refractivity contribution is 0.375. The zero-order chi connectivity index (χ0) is 9.72. The molecule has 0 aliphatic rings. The van der Waals surface area contributed by atoms with Crippen molar-refractivity contribution in [1.29, 1.82) is 5.41 Å². The van der Waals surface area contributed by atoms with E-state index in [2.05, 4.69) is 4.99 Å². The Morgan fingerprint density at radius 3 is 2.42 bits per heavy atom. The average molecular weight is 171 g/mol. The van der Waals surface area contributed by atoms with Crippen LogP contribution in [0.3, 0.4) is 0 Å². The Morgan fingerprint density at radius 2 is 2.08 bits per heavy atom. The molecule has 0 aromatic rings. The summed E-state index contributed by atoms with van der Waals surface area (Å²) in [7, 11) is 1.79. The van der Waals surface area contributed by atoms with Gasteiger partial charge in [-0.15, -0.1) is 0 Å². The third-order valence-electron chi connectivity index (χ3n) is 1.82. The first-order chi connectivity index (χ1) is 5.49. The van der Waals surface area contributed by atoms with Crippen LogP contribution in [0.5, 0.6) is 0 Å². The van der Waals surface area contributed by atoms with Crippen molar-refractivity contribution in [3.63, 3.8) is 0 Å². The van der Waals surface area contributed by atoms with Crippen molar-refractivity contribution in [2.75, 3.05) is 7.05 Å². The number of nitrogens with one attached hydrogen (secondary N) is 1. The molecule has 0 heterocycles. The average Bonchev–Trinajstić information content (AvgIpc) is 2.00. The van der Waals surface area contributed by atoms with Crippen LogP contribution in [0, 0.1) is 5.41 Å². The first kappa shape index (κ1) is 10.7. The smallest absolute Gasteiger partial charge is 0.220 e. The molecule has 1 atom stereocenters. The fourth-order valence-electron chi connectivity index (χ4n) is 0.684. The van der Waals surface area contributed by atoms with Gasteiger partial charge in [-0.1, -0.05) is 6.92 Å². The SMILES string of the molecule is CCC(C)N(C)C(=N)N=C(N)N. The minimum atomic E-state index is -0.0739. The molecule has 5 heteroatoms. The van der Waals surface area contributed by atoms with Crippen molar-refractivity contribution in [3.8, 4) is 0 Å². The third kappa shape index (κ3) is 3.23. The summed E-state index contributed by atoms with van der Waals surface area (Å²) in [6, 6.07) is 0.278. The van der Waals surface area contributed by atoms with Crippen molar-refractivity contribution < 1.29 is 0 Å². The standard InChI is InChI=1S/C7H17N5/c1-4-5(2)12(3)7(10)11-6(8)9/h5H,4H2,1-3H3,(H5,8,9,10,11). The molecule has 0 fully saturated rings. The van der Waals surface area contributed by atoms with Gasteiger partial charge in [0.1, 0.15) is 0 Å². The maximum absolute atomic E-state index is 7.44. The van der Waals surface area contributed by atoms with E-state index in [9.17, 15) is 0 Å². The summed E-state index contributed by atoms with van der Waals surface area (Å²) in [5.74, 6) is 0.0273. The molecule has 12 heavy (non-hydrogen) atoms. The number of guanidine groups is 2. The van der Waals surface area contributed by atoms with Gasteiger partial charge in [0.15, 0.2) is 5.96 Å². The Hall–Kier alpha value is -1.26. The van der Waals surface area contributed by atoms with Gasteiger partial charge in [-0.2, -0.15) is 4.99 Å². The predicted molar refractivity (Wildman–Crippen MR) is 51.1 cm³/mol. The van der Waals surface area contributed by atoms with E-state index in [1.807, 2.05) is 13.8 Å². The number of nitrogens with zero attached hydrogens (tertiary/aromatic N) is 2. The van der Waals surface area contributed by atoms with Crippen LogP contribution < -0.4 is 11.5 Å². The van der Waals surface area contributed by atoms with Crippen LogP contribution >= 0.6 is 0 Å². The summed E-state index contributed by atoms with van der Waals surface area (Å²) in [5, 5.41) is 7.44. The number of rotatable bonds is 2. The van der Waals surface area contributed by atoms with Crippen LogP contribution in [0.15, 0.2) is 4.99 Å². The molecule has 0 saturated heterocycles. The molecule has 0 amide bonds. The summed E-state index contributed by atoms with van der Waals surface area (Å²) in [4.78, 5) is 5.35. The fraction of sp³-hybridized carbons (Fsp3) is 0.714. The van der Waals surface area contributed by atoms with Crippen molar-refractivity contribution >= 4 is 11.9 Å². The molecule has 0 saturated carbocycles. The molecule has 0 spiro atoms. The monoisotopic (exact) mass is 171 g/mol. The zero-order valence-electron chi connectivity index (χ0n) is 7.83. The highest BCUT2D eigenvalue weighted by molar-refractivity contribution is 5.91. The Bertz CT molecular complexity index is 182. The van der Waals surface area contributed by atoms with Crippen LogP contribution in [0.4, 0.5) is 0 Å². The second-order valence-electron chi connectivity index (χ2n) is 2.73. The lowest BCUT2D eigenvalue weighted by atomic mass is 10.2. The van der Waals surface area contributed by atoms with Gasteiger partial charge < -0.3 is 16.4 Å². The van der Waals surface area contributed by atoms with Crippen LogP contribution in [0.25, 0.3) is 0 Å². The molecule has 0 aromatic heterocycles. The lowest BCUT2D eigenvalue weighted by Crippen LogP contribution is -2.35. The molecule has 0 aliphatic heterocycles. The summed E-state index contributed by atoms with van der Waals surface area (Å²) < 4.78 is 0. The first-order valence-corrected chi connectivity index (χ1v) is 3.90. The minimum absolute atomic E-state index is 0.0739. The molecule has 0 radical (unpaired) electrons. The second-order valence-corrected chi connectivity index (χ2v) is 2.73. The Morgan fingerprint density at radius 1 is 1.58 bits per heavy atom. The van der Waals surface area contributed by atoms with Crippen molar-refractivity contribution in [3.05, 3.63) is 0 Å². The van der Waals surface area contributed by atoms with E-state index < -0.39 is 0 Å². The Kier molecular flexibility index (Phi) is 4.10. The molecular formula is C7H17N5. The largest absolute Gasteiger partial charge is 0.370 e. The van der Waals surface area contributed by atoms with Gasteiger partial charge in [-0.05, 0) is 13.3 Å². The predicted octanol–water partition coefficient (Wildman–Crippen LogP) is -0.0751. The number of aliphatic imine (C=N–C) groups is 1. The van der Waals surface area contributed by atoms with Gasteiger partial charge in [-0.3, -0.25) is 5.41 Å². The lowest BCUT2D eigenvalue weighted by Gasteiger charge is -2.23. The Labute approximate surface area is 72.9 Å².